The van der Waals surface area contributed by atoms with Crippen molar-refractivity contribution in [2.24, 2.45) is 0 Å². The average molecular weight is 210 g/mol. The van der Waals surface area contributed by atoms with E-state index >= 15 is 0 Å². The van der Waals surface area contributed by atoms with Crippen molar-refractivity contribution >= 4 is 11.9 Å². The minimum Gasteiger partial charge on any atom is -0.289 e. The molecule has 0 heterocycles. The lowest BCUT2D eigenvalue weighted by molar-refractivity contribution is -0.111. The molecule has 0 aliphatic carbocycles. The Labute approximate surface area is 96.1 Å². The van der Waals surface area contributed by atoms with E-state index in [1.165, 1.54) is 6.08 Å². The maximum atomic E-state index is 11.4. The lowest BCUT2D eigenvalue weighted by Gasteiger charge is -1.95. The van der Waals surface area contributed by atoms with Crippen LogP contribution in [0.4, 0.5) is 0 Å². The van der Waals surface area contributed by atoms with Crippen LogP contribution in [0.15, 0.2) is 73.4 Å². The molecule has 0 aliphatic rings. The van der Waals surface area contributed by atoms with E-state index in [0.29, 0.717) is 5.57 Å². The molecular formula is C15H14O. The number of carbonyl (C=O) groups excluding carboxylic acids is 1. The molecule has 0 amide bonds. The molecule has 1 heteroatoms. The molecule has 0 saturated heterocycles. The third kappa shape index (κ3) is 3.54. The number of hydrogen-bond acceptors (Lipinski definition) is 1. The van der Waals surface area contributed by atoms with Gasteiger partial charge in [0, 0.05) is 5.57 Å². The largest absolute Gasteiger partial charge is 0.289 e. The molecule has 0 aliphatic heterocycles. The highest BCUT2D eigenvalue weighted by Crippen LogP contribution is 2.06. The van der Waals surface area contributed by atoms with Crippen LogP contribution in [0, 0.1) is 0 Å². The first-order chi connectivity index (χ1) is 7.77. The fourth-order valence-corrected chi connectivity index (χ4v) is 1.21. The zero-order valence-electron chi connectivity index (χ0n) is 9.10. The molecule has 1 nitrogen and oxygen atoms in total. The van der Waals surface area contributed by atoms with E-state index in [-0.39, 0.29) is 5.78 Å². The van der Waals surface area contributed by atoms with Crippen LogP contribution < -0.4 is 0 Å². The van der Waals surface area contributed by atoms with E-state index in [1.807, 2.05) is 36.4 Å². The van der Waals surface area contributed by atoms with Crippen LogP contribution in [0.25, 0.3) is 6.08 Å². The van der Waals surface area contributed by atoms with Crippen molar-refractivity contribution in [2.45, 2.75) is 0 Å². The van der Waals surface area contributed by atoms with E-state index in [1.54, 1.807) is 18.2 Å². The van der Waals surface area contributed by atoms with Gasteiger partial charge < -0.3 is 0 Å². The van der Waals surface area contributed by atoms with Gasteiger partial charge in [0.2, 0.25) is 0 Å². The average Bonchev–Trinajstić information content (AvgIpc) is 2.34. The Morgan fingerprint density at radius 1 is 1.12 bits per heavy atom. The number of benzene rings is 1. The molecule has 16 heavy (non-hydrogen) atoms. The Balaban J connectivity index is 2.89. The second kappa shape index (κ2) is 6.36. The van der Waals surface area contributed by atoms with Gasteiger partial charge in [0.15, 0.2) is 5.78 Å². The summed E-state index contributed by atoms with van der Waals surface area (Å²) < 4.78 is 0. The topological polar surface area (TPSA) is 17.1 Å². The van der Waals surface area contributed by atoms with Crippen LogP contribution in [0.1, 0.15) is 5.56 Å². The van der Waals surface area contributed by atoms with Gasteiger partial charge in [-0.15, -0.1) is 0 Å². The highest BCUT2D eigenvalue weighted by Gasteiger charge is 1.99. The van der Waals surface area contributed by atoms with Crippen molar-refractivity contribution in [3.05, 3.63) is 78.9 Å². The fourth-order valence-electron chi connectivity index (χ4n) is 1.21. The van der Waals surface area contributed by atoms with E-state index in [9.17, 15) is 4.79 Å². The number of ketones is 1. The summed E-state index contributed by atoms with van der Waals surface area (Å²) in [6.07, 6.45) is 8.21. The Bertz CT molecular complexity index is 436. The van der Waals surface area contributed by atoms with E-state index in [4.69, 9.17) is 0 Å². The van der Waals surface area contributed by atoms with Crippen LogP contribution in [0.3, 0.4) is 0 Å². The summed E-state index contributed by atoms with van der Waals surface area (Å²) in [6.45, 7) is 7.04. The molecular weight excluding hydrogens is 196 g/mol. The Hall–Kier alpha value is -2.15. The molecule has 0 N–H and O–H groups in total. The normalized spacial score (nSPS) is 11.4. The SMILES string of the molecule is C=CC=C(C=Cc1ccccc1)C(=O)C=C. The highest BCUT2D eigenvalue weighted by molar-refractivity contribution is 6.06. The van der Waals surface area contributed by atoms with Gasteiger partial charge in [0.1, 0.15) is 0 Å². The third-order valence-electron chi connectivity index (χ3n) is 2.02. The standard InChI is InChI=1S/C15H14O/c1-3-8-14(15(16)4-2)12-11-13-9-6-5-7-10-13/h3-12H,1-2H2. The van der Waals surface area contributed by atoms with Crippen molar-refractivity contribution in [1.82, 2.24) is 0 Å². The molecule has 0 aromatic heterocycles. The van der Waals surface area contributed by atoms with Crippen molar-refractivity contribution in [2.75, 3.05) is 0 Å². The van der Waals surface area contributed by atoms with E-state index in [2.05, 4.69) is 13.2 Å². The summed E-state index contributed by atoms with van der Waals surface area (Å²) in [6, 6.07) is 9.80. The molecule has 0 radical (unpaired) electrons. The second-order valence-corrected chi connectivity index (χ2v) is 3.17. The van der Waals surface area contributed by atoms with Gasteiger partial charge in [0.25, 0.3) is 0 Å². The number of rotatable bonds is 5. The van der Waals surface area contributed by atoms with Crippen molar-refractivity contribution < 1.29 is 4.79 Å². The lowest BCUT2D eigenvalue weighted by Crippen LogP contribution is -1.94. The molecule has 0 saturated carbocycles. The Kier molecular flexibility index (Phi) is 4.74. The predicted molar refractivity (Wildman–Crippen MR) is 69.0 cm³/mol. The Morgan fingerprint density at radius 2 is 1.81 bits per heavy atom. The highest BCUT2D eigenvalue weighted by atomic mass is 16.1. The zero-order chi connectivity index (χ0) is 11.8. The molecule has 0 atom stereocenters. The Morgan fingerprint density at radius 3 is 2.38 bits per heavy atom. The van der Waals surface area contributed by atoms with Crippen molar-refractivity contribution in [3.63, 3.8) is 0 Å². The zero-order valence-corrected chi connectivity index (χ0v) is 9.10. The van der Waals surface area contributed by atoms with Gasteiger partial charge in [-0.2, -0.15) is 0 Å². The second-order valence-electron chi connectivity index (χ2n) is 3.17. The molecule has 0 bridgehead atoms. The third-order valence-corrected chi connectivity index (χ3v) is 2.02. The smallest absolute Gasteiger partial charge is 0.185 e. The van der Waals surface area contributed by atoms with Crippen molar-refractivity contribution in [3.8, 4) is 0 Å². The molecule has 0 spiro atoms. The van der Waals surface area contributed by atoms with E-state index < -0.39 is 0 Å². The summed E-state index contributed by atoms with van der Waals surface area (Å²) in [5.41, 5.74) is 1.63. The molecule has 80 valence electrons. The van der Waals surface area contributed by atoms with E-state index in [0.717, 1.165) is 5.56 Å². The lowest BCUT2D eigenvalue weighted by atomic mass is 10.1. The molecule has 1 aromatic rings. The minimum atomic E-state index is -0.105. The molecule has 0 fully saturated rings. The van der Waals surface area contributed by atoms with Crippen molar-refractivity contribution in [1.29, 1.82) is 0 Å². The van der Waals surface area contributed by atoms with Gasteiger partial charge in [-0.25, -0.2) is 0 Å². The summed E-state index contributed by atoms with van der Waals surface area (Å²) in [5.74, 6) is -0.105. The maximum Gasteiger partial charge on any atom is 0.185 e. The summed E-state index contributed by atoms with van der Waals surface area (Å²) >= 11 is 0. The minimum absolute atomic E-state index is 0.105. The summed E-state index contributed by atoms with van der Waals surface area (Å²) in [4.78, 5) is 11.4. The fraction of sp³-hybridized carbons (Fsp3) is 0. The van der Waals surface area contributed by atoms with Crippen LogP contribution >= 0.6 is 0 Å². The summed E-state index contributed by atoms with van der Waals surface area (Å²) in [7, 11) is 0. The predicted octanol–water partition coefficient (Wildman–Crippen LogP) is 3.57. The molecule has 1 aromatic carbocycles. The number of hydrogen-bond donors (Lipinski definition) is 0. The molecule has 0 unspecified atom stereocenters. The first kappa shape index (κ1) is 11.9. The van der Waals surface area contributed by atoms with Gasteiger partial charge >= 0.3 is 0 Å². The molecule has 1 rings (SSSR count). The van der Waals surface area contributed by atoms with Gasteiger partial charge in [-0.3, -0.25) is 4.79 Å². The van der Waals surface area contributed by atoms with Gasteiger partial charge in [0.05, 0.1) is 0 Å². The summed E-state index contributed by atoms with van der Waals surface area (Å²) in [5, 5.41) is 0. The van der Waals surface area contributed by atoms with Crippen LogP contribution in [-0.2, 0) is 4.79 Å². The number of carbonyl (C=O) groups is 1. The van der Waals surface area contributed by atoms with Crippen LogP contribution in [0.5, 0.6) is 0 Å². The van der Waals surface area contributed by atoms with Crippen LogP contribution in [0.2, 0.25) is 0 Å². The first-order valence-electron chi connectivity index (χ1n) is 5.00. The quantitative estimate of drug-likeness (QED) is 0.536. The monoisotopic (exact) mass is 210 g/mol. The van der Waals surface area contributed by atoms with Gasteiger partial charge in [-0.1, -0.05) is 67.8 Å². The first-order valence-corrected chi connectivity index (χ1v) is 5.00. The number of allylic oxidation sites excluding steroid dienone is 5. The maximum absolute atomic E-state index is 11.4. The van der Waals surface area contributed by atoms with Gasteiger partial charge in [-0.05, 0) is 11.6 Å². The van der Waals surface area contributed by atoms with Crippen LogP contribution in [-0.4, -0.2) is 5.78 Å².